The van der Waals surface area contributed by atoms with Crippen LogP contribution in [0.15, 0.2) is 18.2 Å². The first-order valence-electron chi connectivity index (χ1n) is 5.98. The van der Waals surface area contributed by atoms with Gasteiger partial charge in [-0.25, -0.2) is 0 Å². The minimum atomic E-state index is -0.219. The summed E-state index contributed by atoms with van der Waals surface area (Å²) in [6, 6.07) is 5.67. The van der Waals surface area contributed by atoms with E-state index in [1.807, 2.05) is 6.92 Å². The molecule has 0 aliphatic heterocycles. The number of aromatic hydroxyl groups is 1. The van der Waals surface area contributed by atoms with Crippen LogP contribution in [-0.4, -0.2) is 30.1 Å². The smallest absolute Gasteiger partial charge is 0.255 e. The van der Waals surface area contributed by atoms with Crippen molar-refractivity contribution in [3.8, 4) is 5.75 Å². The monoisotopic (exact) mass is 234 g/mol. The zero-order valence-corrected chi connectivity index (χ0v) is 9.99. The number of phenolic OH excluding ortho intramolecular Hbond substituents is 1. The van der Waals surface area contributed by atoms with Crippen LogP contribution in [0.2, 0.25) is 0 Å². The lowest BCUT2D eigenvalue weighted by atomic mass is 10.1. The second-order valence-electron chi connectivity index (χ2n) is 4.50. The van der Waals surface area contributed by atoms with Crippen molar-refractivity contribution >= 4 is 5.91 Å². The van der Waals surface area contributed by atoms with Gasteiger partial charge in [0.05, 0.1) is 5.56 Å². The van der Waals surface area contributed by atoms with Gasteiger partial charge in [-0.3, -0.25) is 4.79 Å². The van der Waals surface area contributed by atoms with Gasteiger partial charge in [0.1, 0.15) is 5.75 Å². The molecule has 0 atom stereocenters. The van der Waals surface area contributed by atoms with Crippen LogP contribution in [0.1, 0.15) is 28.8 Å². The molecular weight excluding hydrogens is 216 g/mol. The number of hydrogen-bond acceptors (Lipinski definition) is 3. The fourth-order valence-corrected chi connectivity index (χ4v) is 1.67. The van der Waals surface area contributed by atoms with E-state index >= 15 is 0 Å². The maximum Gasteiger partial charge on any atom is 0.255 e. The highest BCUT2D eigenvalue weighted by Gasteiger charge is 2.19. The predicted molar refractivity (Wildman–Crippen MR) is 66.2 cm³/mol. The summed E-state index contributed by atoms with van der Waals surface area (Å²) in [5.74, 6) is -0.188. The van der Waals surface area contributed by atoms with Gasteiger partial charge in [0, 0.05) is 19.1 Å². The molecule has 17 heavy (non-hydrogen) atoms. The van der Waals surface area contributed by atoms with Gasteiger partial charge in [-0.2, -0.15) is 0 Å². The van der Waals surface area contributed by atoms with E-state index in [1.54, 1.807) is 18.2 Å². The van der Waals surface area contributed by atoms with Crippen molar-refractivity contribution in [1.29, 1.82) is 0 Å². The molecule has 1 aliphatic rings. The maximum absolute atomic E-state index is 11.8. The van der Waals surface area contributed by atoms with Crippen molar-refractivity contribution < 1.29 is 9.90 Å². The molecule has 0 spiro atoms. The van der Waals surface area contributed by atoms with Gasteiger partial charge >= 0.3 is 0 Å². The van der Waals surface area contributed by atoms with Gasteiger partial charge in [0.15, 0.2) is 0 Å². The van der Waals surface area contributed by atoms with Crippen LogP contribution in [0.25, 0.3) is 0 Å². The zero-order chi connectivity index (χ0) is 12.3. The summed E-state index contributed by atoms with van der Waals surface area (Å²) in [4.78, 5) is 11.8. The number of hydrogen-bond donors (Lipinski definition) is 3. The molecule has 0 radical (unpaired) electrons. The van der Waals surface area contributed by atoms with E-state index in [1.165, 1.54) is 12.8 Å². The van der Waals surface area contributed by atoms with Gasteiger partial charge in [0.25, 0.3) is 5.91 Å². The molecule has 0 aromatic heterocycles. The first kappa shape index (κ1) is 11.9. The molecule has 1 fully saturated rings. The Morgan fingerprint density at radius 3 is 2.88 bits per heavy atom. The van der Waals surface area contributed by atoms with E-state index < -0.39 is 0 Å². The maximum atomic E-state index is 11.8. The molecule has 4 heteroatoms. The Bertz CT molecular complexity index is 414. The van der Waals surface area contributed by atoms with Crippen LogP contribution in [0, 0.1) is 6.92 Å². The zero-order valence-electron chi connectivity index (χ0n) is 9.99. The Balaban J connectivity index is 1.82. The van der Waals surface area contributed by atoms with Crippen LogP contribution in [0.3, 0.4) is 0 Å². The number of carbonyl (C=O) groups excluding carboxylic acids is 1. The van der Waals surface area contributed by atoms with Gasteiger partial charge in [-0.05, 0) is 31.9 Å². The number of nitrogens with one attached hydrogen (secondary N) is 2. The van der Waals surface area contributed by atoms with Crippen LogP contribution in [0.4, 0.5) is 0 Å². The SMILES string of the molecule is Cc1ccc(O)c(C(=O)NCCNC2CC2)c1. The van der Waals surface area contributed by atoms with E-state index in [0.29, 0.717) is 18.2 Å². The largest absolute Gasteiger partial charge is 0.507 e. The van der Waals surface area contributed by atoms with E-state index in [0.717, 1.165) is 12.1 Å². The predicted octanol–water partition coefficient (Wildman–Crippen LogP) is 1.18. The Hall–Kier alpha value is -1.55. The van der Waals surface area contributed by atoms with Crippen LogP contribution in [-0.2, 0) is 0 Å². The van der Waals surface area contributed by atoms with Crippen LogP contribution >= 0.6 is 0 Å². The molecule has 3 N–H and O–H groups in total. The van der Waals surface area contributed by atoms with Crippen molar-refractivity contribution in [2.24, 2.45) is 0 Å². The minimum absolute atomic E-state index is 0.0308. The number of aryl methyl sites for hydroxylation is 1. The summed E-state index contributed by atoms with van der Waals surface area (Å²) < 4.78 is 0. The van der Waals surface area contributed by atoms with Crippen LogP contribution in [0.5, 0.6) is 5.75 Å². The third kappa shape index (κ3) is 3.46. The average molecular weight is 234 g/mol. The Kier molecular flexibility index (Phi) is 3.64. The standard InChI is InChI=1S/C13H18N2O2/c1-9-2-5-12(16)11(8-9)13(17)15-7-6-14-10-3-4-10/h2,5,8,10,14,16H,3-4,6-7H2,1H3,(H,15,17). The van der Waals surface area contributed by atoms with Gasteiger partial charge in [-0.15, -0.1) is 0 Å². The Morgan fingerprint density at radius 1 is 1.41 bits per heavy atom. The molecule has 4 nitrogen and oxygen atoms in total. The molecule has 92 valence electrons. The van der Waals surface area contributed by atoms with Gasteiger partial charge in [-0.1, -0.05) is 11.6 Å². The summed E-state index contributed by atoms with van der Waals surface area (Å²) >= 11 is 0. The van der Waals surface area contributed by atoms with Crippen LogP contribution < -0.4 is 10.6 Å². The number of benzene rings is 1. The topological polar surface area (TPSA) is 61.4 Å². The number of amides is 1. The first-order valence-corrected chi connectivity index (χ1v) is 5.98. The lowest BCUT2D eigenvalue weighted by Gasteiger charge is -2.08. The molecule has 1 aliphatic carbocycles. The molecule has 2 rings (SSSR count). The highest BCUT2D eigenvalue weighted by molar-refractivity contribution is 5.96. The molecule has 1 aromatic carbocycles. The lowest BCUT2D eigenvalue weighted by molar-refractivity contribution is 0.0951. The first-order chi connectivity index (χ1) is 8.16. The number of rotatable bonds is 5. The van der Waals surface area contributed by atoms with E-state index in [2.05, 4.69) is 10.6 Å². The molecule has 1 aromatic rings. The van der Waals surface area contributed by atoms with Crippen molar-refractivity contribution in [2.45, 2.75) is 25.8 Å². The van der Waals surface area contributed by atoms with Crippen molar-refractivity contribution in [3.05, 3.63) is 29.3 Å². The summed E-state index contributed by atoms with van der Waals surface area (Å²) in [6.45, 7) is 3.26. The fraction of sp³-hybridized carbons (Fsp3) is 0.462. The molecule has 1 amide bonds. The number of carbonyl (C=O) groups is 1. The molecule has 0 saturated heterocycles. The Labute approximate surface area is 101 Å². The summed E-state index contributed by atoms with van der Waals surface area (Å²) in [5.41, 5.74) is 1.31. The third-order valence-electron chi connectivity index (χ3n) is 2.82. The highest BCUT2D eigenvalue weighted by Crippen LogP contribution is 2.18. The second-order valence-corrected chi connectivity index (χ2v) is 4.50. The molecule has 0 heterocycles. The quantitative estimate of drug-likeness (QED) is 0.670. The molecule has 0 unspecified atom stereocenters. The van der Waals surface area contributed by atoms with Crippen molar-refractivity contribution in [3.63, 3.8) is 0 Å². The highest BCUT2D eigenvalue weighted by atomic mass is 16.3. The minimum Gasteiger partial charge on any atom is -0.507 e. The number of phenols is 1. The Morgan fingerprint density at radius 2 is 2.18 bits per heavy atom. The van der Waals surface area contributed by atoms with Gasteiger partial charge in [0.2, 0.25) is 0 Å². The van der Waals surface area contributed by atoms with E-state index in [-0.39, 0.29) is 11.7 Å². The van der Waals surface area contributed by atoms with Gasteiger partial charge < -0.3 is 15.7 Å². The lowest BCUT2D eigenvalue weighted by Crippen LogP contribution is -2.32. The molecule has 1 saturated carbocycles. The third-order valence-corrected chi connectivity index (χ3v) is 2.82. The van der Waals surface area contributed by atoms with E-state index in [9.17, 15) is 9.90 Å². The average Bonchev–Trinajstić information content (AvgIpc) is 3.11. The fourth-order valence-electron chi connectivity index (χ4n) is 1.67. The molecular formula is C13H18N2O2. The summed E-state index contributed by atoms with van der Waals surface area (Å²) in [7, 11) is 0. The van der Waals surface area contributed by atoms with Crippen molar-refractivity contribution in [2.75, 3.05) is 13.1 Å². The normalized spacial score (nSPS) is 14.6. The van der Waals surface area contributed by atoms with Crippen molar-refractivity contribution in [1.82, 2.24) is 10.6 Å². The summed E-state index contributed by atoms with van der Waals surface area (Å²) in [6.07, 6.45) is 2.49. The molecule has 0 bridgehead atoms. The second kappa shape index (κ2) is 5.19. The summed E-state index contributed by atoms with van der Waals surface area (Å²) in [5, 5.41) is 15.7. The van der Waals surface area contributed by atoms with E-state index in [4.69, 9.17) is 0 Å².